The van der Waals surface area contributed by atoms with E-state index in [1.165, 1.54) is 0 Å². The third kappa shape index (κ3) is 3.67. The first-order valence-corrected chi connectivity index (χ1v) is 6.66. The molecule has 1 rings (SSSR count). The predicted molar refractivity (Wildman–Crippen MR) is 60.3 cm³/mol. The van der Waals surface area contributed by atoms with Crippen molar-refractivity contribution in [1.82, 2.24) is 0 Å². The van der Waals surface area contributed by atoms with Gasteiger partial charge in [0.2, 0.25) is 0 Å². The van der Waals surface area contributed by atoms with E-state index in [0.29, 0.717) is 0 Å². The van der Waals surface area contributed by atoms with Gasteiger partial charge in [-0.15, -0.1) is 0 Å². The Labute approximate surface area is 111 Å². The summed E-state index contributed by atoms with van der Waals surface area (Å²) in [4.78, 5) is 9.10. The number of non-ortho nitro benzene ring substituents is 1. The van der Waals surface area contributed by atoms with E-state index >= 15 is 0 Å². The third-order valence-electron chi connectivity index (χ3n) is 2.34. The molecule has 0 saturated heterocycles. The fourth-order valence-electron chi connectivity index (χ4n) is 1.30. The molecule has 0 aliphatic heterocycles. The molecule has 0 spiro atoms. The molecule has 0 N–H and O–H groups in total. The van der Waals surface area contributed by atoms with Crippen molar-refractivity contribution >= 4 is 15.5 Å². The Bertz CT molecular complexity index is 647. The van der Waals surface area contributed by atoms with Crippen molar-refractivity contribution in [1.29, 1.82) is 5.26 Å². The van der Waals surface area contributed by atoms with Gasteiger partial charge >= 0.3 is 6.18 Å². The SMILES string of the molecule is N#CC(CS(=O)(=O)c1ccc([N+](=O)[O-])cc1)C(F)(F)F. The fourth-order valence-corrected chi connectivity index (χ4v) is 2.74. The summed E-state index contributed by atoms with van der Waals surface area (Å²) in [7, 11) is -4.36. The molecule has 0 aromatic heterocycles. The van der Waals surface area contributed by atoms with Crippen LogP contribution in [0.25, 0.3) is 0 Å². The highest BCUT2D eigenvalue weighted by atomic mass is 32.2. The minimum absolute atomic E-state index is 0.392. The summed E-state index contributed by atoms with van der Waals surface area (Å²) in [5.41, 5.74) is -0.392. The number of sulfone groups is 1. The first kappa shape index (κ1) is 15.9. The molecule has 0 amide bonds. The lowest BCUT2D eigenvalue weighted by atomic mass is 10.2. The zero-order valence-corrected chi connectivity index (χ0v) is 10.5. The largest absolute Gasteiger partial charge is 0.405 e. The first-order chi connectivity index (χ1) is 9.08. The minimum atomic E-state index is -4.96. The van der Waals surface area contributed by atoms with Crippen molar-refractivity contribution in [3.05, 3.63) is 34.4 Å². The Morgan fingerprint density at radius 1 is 1.30 bits per heavy atom. The number of hydrogen-bond donors (Lipinski definition) is 0. The van der Waals surface area contributed by atoms with Crippen molar-refractivity contribution in [3.8, 4) is 6.07 Å². The molecule has 0 aliphatic carbocycles. The highest BCUT2D eigenvalue weighted by Gasteiger charge is 2.43. The molecule has 1 unspecified atom stereocenters. The topological polar surface area (TPSA) is 101 Å². The molecular formula is C10H7F3N2O4S. The molecule has 10 heteroatoms. The molecule has 0 heterocycles. The van der Waals surface area contributed by atoms with E-state index in [2.05, 4.69) is 0 Å². The first-order valence-electron chi connectivity index (χ1n) is 5.01. The maximum Gasteiger partial charge on any atom is 0.405 e. The van der Waals surface area contributed by atoms with Gasteiger partial charge < -0.3 is 0 Å². The van der Waals surface area contributed by atoms with Gasteiger partial charge in [0.05, 0.1) is 21.6 Å². The lowest BCUT2D eigenvalue weighted by molar-refractivity contribution is -0.384. The molecule has 1 atom stereocenters. The van der Waals surface area contributed by atoms with Crippen LogP contribution in [0.15, 0.2) is 29.2 Å². The van der Waals surface area contributed by atoms with E-state index in [0.717, 1.165) is 30.3 Å². The Hall–Kier alpha value is -2.15. The number of alkyl halides is 3. The van der Waals surface area contributed by atoms with Gasteiger partial charge in [0, 0.05) is 12.1 Å². The maximum absolute atomic E-state index is 12.4. The molecule has 0 bridgehead atoms. The number of nitriles is 1. The van der Waals surface area contributed by atoms with Crippen molar-refractivity contribution in [3.63, 3.8) is 0 Å². The standard InChI is InChI=1S/C10H7F3N2O4S/c11-10(12,13)7(5-14)6-20(18,19)9-3-1-8(2-4-9)15(16)17/h1-4,7H,6H2. The summed E-state index contributed by atoms with van der Waals surface area (Å²) in [5, 5.41) is 18.7. The maximum atomic E-state index is 12.4. The van der Waals surface area contributed by atoms with Crippen LogP contribution >= 0.6 is 0 Å². The summed E-state index contributed by atoms with van der Waals surface area (Å²) in [6.45, 7) is 0. The van der Waals surface area contributed by atoms with E-state index in [4.69, 9.17) is 5.26 Å². The molecule has 6 nitrogen and oxygen atoms in total. The number of nitrogens with zero attached hydrogens (tertiary/aromatic N) is 2. The average molecular weight is 308 g/mol. The monoisotopic (exact) mass is 308 g/mol. The van der Waals surface area contributed by atoms with Crippen LogP contribution in [0.5, 0.6) is 0 Å². The fraction of sp³-hybridized carbons (Fsp3) is 0.300. The van der Waals surface area contributed by atoms with E-state index in [9.17, 15) is 31.7 Å². The second-order valence-corrected chi connectivity index (χ2v) is 5.79. The number of halogens is 3. The summed E-state index contributed by atoms with van der Waals surface area (Å²) < 4.78 is 60.5. The van der Waals surface area contributed by atoms with Gasteiger partial charge in [-0.3, -0.25) is 10.1 Å². The summed E-state index contributed by atoms with van der Waals surface area (Å²) in [5.74, 6) is -4.08. The van der Waals surface area contributed by atoms with Crippen LogP contribution in [0.2, 0.25) is 0 Å². The van der Waals surface area contributed by atoms with Crippen LogP contribution < -0.4 is 0 Å². The normalized spacial score (nSPS) is 13.5. The van der Waals surface area contributed by atoms with E-state index < -0.39 is 43.2 Å². The second-order valence-electron chi connectivity index (χ2n) is 3.76. The Morgan fingerprint density at radius 3 is 2.15 bits per heavy atom. The highest BCUT2D eigenvalue weighted by Crippen LogP contribution is 2.29. The molecule has 20 heavy (non-hydrogen) atoms. The molecule has 0 fully saturated rings. The molecule has 1 aromatic carbocycles. The summed E-state index contributed by atoms with van der Waals surface area (Å²) in [6.07, 6.45) is -4.96. The zero-order chi connectivity index (χ0) is 15.6. The zero-order valence-electron chi connectivity index (χ0n) is 9.66. The number of hydrogen-bond acceptors (Lipinski definition) is 5. The van der Waals surface area contributed by atoms with Crippen LogP contribution in [0.1, 0.15) is 0 Å². The second kappa shape index (κ2) is 5.46. The van der Waals surface area contributed by atoms with Crippen molar-refractivity contribution in [2.75, 3.05) is 5.75 Å². The van der Waals surface area contributed by atoms with Crippen LogP contribution in [0, 0.1) is 27.4 Å². The Kier molecular flexibility index (Phi) is 4.34. The van der Waals surface area contributed by atoms with Gasteiger partial charge in [-0.25, -0.2) is 8.42 Å². The summed E-state index contributed by atoms with van der Waals surface area (Å²) in [6, 6.07) is 4.27. The number of nitro groups is 1. The Morgan fingerprint density at radius 2 is 1.80 bits per heavy atom. The molecule has 0 aliphatic rings. The number of rotatable bonds is 4. The molecule has 1 aromatic rings. The van der Waals surface area contributed by atoms with Crippen molar-refractivity contribution < 1.29 is 26.5 Å². The number of benzene rings is 1. The molecule has 0 radical (unpaired) electrons. The van der Waals surface area contributed by atoms with Crippen LogP contribution in [0.4, 0.5) is 18.9 Å². The highest BCUT2D eigenvalue weighted by molar-refractivity contribution is 7.91. The van der Waals surface area contributed by atoms with Gasteiger partial charge in [-0.2, -0.15) is 18.4 Å². The van der Waals surface area contributed by atoms with Gasteiger partial charge in [-0.1, -0.05) is 0 Å². The van der Waals surface area contributed by atoms with Crippen LogP contribution in [-0.2, 0) is 9.84 Å². The lowest BCUT2D eigenvalue weighted by Gasteiger charge is -2.13. The number of nitro benzene ring substituents is 1. The van der Waals surface area contributed by atoms with Gasteiger partial charge in [0.15, 0.2) is 15.8 Å². The van der Waals surface area contributed by atoms with Gasteiger partial charge in [0.1, 0.15) is 0 Å². The van der Waals surface area contributed by atoms with E-state index in [1.54, 1.807) is 0 Å². The van der Waals surface area contributed by atoms with Gasteiger partial charge in [-0.05, 0) is 12.1 Å². The predicted octanol–water partition coefficient (Wildman–Crippen LogP) is 2.07. The lowest BCUT2D eigenvalue weighted by Crippen LogP contribution is -2.28. The Balaban J connectivity index is 3.06. The molecule has 0 saturated carbocycles. The summed E-state index contributed by atoms with van der Waals surface area (Å²) >= 11 is 0. The van der Waals surface area contributed by atoms with Crippen LogP contribution in [-0.4, -0.2) is 25.3 Å². The van der Waals surface area contributed by atoms with Crippen molar-refractivity contribution in [2.45, 2.75) is 11.1 Å². The van der Waals surface area contributed by atoms with E-state index in [1.807, 2.05) is 0 Å². The quantitative estimate of drug-likeness (QED) is 0.626. The average Bonchev–Trinajstić information content (AvgIpc) is 2.34. The molecular weight excluding hydrogens is 301 g/mol. The van der Waals surface area contributed by atoms with Crippen molar-refractivity contribution in [2.24, 2.45) is 5.92 Å². The molecule has 108 valence electrons. The van der Waals surface area contributed by atoms with Gasteiger partial charge in [0.25, 0.3) is 5.69 Å². The smallest absolute Gasteiger partial charge is 0.258 e. The van der Waals surface area contributed by atoms with E-state index in [-0.39, 0.29) is 0 Å². The third-order valence-corrected chi connectivity index (χ3v) is 4.11. The van der Waals surface area contributed by atoms with Crippen LogP contribution in [0.3, 0.4) is 0 Å². The minimum Gasteiger partial charge on any atom is -0.258 e.